The molecule has 0 heterocycles. The van der Waals surface area contributed by atoms with Crippen LogP contribution < -0.4 is 10.6 Å². The number of urea groups is 1. The van der Waals surface area contributed by atoms with E-state index in [1.807, 2.05) is 13.8 Å². The summed E-state index contributed by atoms with van der Waals surface area (Å²) in [5.41, 5.74) is 0. The number of rotatable bonds is 9. The van der Waals surface area contributed by atoms with Crippen molar-refractivity contribution in [1.82, 2.24) is 15.5 Å². The van der Waals surface area contributed by atoms with Crippen molar-refractivity contribution in [3.8, 4) is 0 Å². The van der Waals surface area contributed by atoms with Crippen molar-refractivity contribution in [3.05, 3.63) is 0 Å². The Morgan fingerprint density at radius 2 is 1.76 bits per heavy atom. The van der Waals surface area contributed by atoms with E-state index in [4.69, 9.17) is 5.11 Å². The Morgan fingerprint density at radius 1 is 1.14 bits per heavy atom. The summed E-state index contributed by atoms with van der Waals surface area (Å²) in [6, 6.07) is -0.731. The Balaban J connectivity index is 4.10. The van der Waals surface area contributed by atoms with E-state index < -0.39 is 5.97 Å². The lowest BCUT2D eigenvalue weighted by molar-refractivity contribution is -0.138. The number of nitrogens with one attached hydrogen (secondary N) is 2. The smallest absolute Gasteiger partial charge is 0.317 e. The largest absolute Gasteiger partial charge is 0.481 e. The fourth-order valence-electron chi connectivity index (χ4n) is 1.81. The van der Waals surface area contributed by atoms with Crippen LogP contribution in [0.15, 0.2) is 0 Å². The van der Waals surface area contributed by atoms with Crippen LogP contribution in [0, 0.1) is 5.92 Å². The zero-order chi connectivity index (χ0) is 16.4. The molecule has 0 aliphatic rings. The molecule has 0 radical (unpaired) electrons. The summed E-state index contributed by atoms with van der Waals surface area (Å²) in [5.74, 6) is -0.663. The second-order valence-electron chi connectivity index (χ2n) is 5.41. The minimum atomic E-state index is -0.943. The van der Waals surface area contributed by atoms with Crippen LogP contribution in [0.25, 0.3) is 0 Å². The second kappa shape index (κ2) is 10.0. The molecule has 0 aromatic rings. The zero-order valence-electron chi connectivity index (χ0n) is 13.3. The van der Waals surface area contributed by atoms with Crippen LogP contribution in [-0.2, 0) is 9.59 Å². The molecule has 0 fully saturated rings. The van der Waals surface area contributed by atoms with Crippen LogP contribution in [-0.4, -0.2) is 53.6 Å². The molecule has 1 unspecified atom stereocenters. The monoisotopic (exact) mass is 301 g/mol. The molecule has 21 heavy (non-hydrogen) atoms. The van der Waals surface area contributed by atoms with Gasteiger partial charge in [-0.2, -0.15) is 0 Å². The van der Waals surface area contributed by atoms with Crippen LogP contribution in [0.3, 0.4) is 0 Å². The normalized spacial score (nSPS) is 11.9. The standard InChI is InChI=1S/C14H27N3O4/c1-5-17(11(4)8-13(19)20)14(21)15-7-6-12(18)16-9-10(2)3/h10-11H,5-9H2,1-4H3,(H,15,21)(H,16,18)(H,19,20). The molecular formula is C14H27N3O4. The van der Waals surface area contributed by atoms with Gasteiger partial charge in [0.1, 0.15) is 0 Å². The van der Waals surface area contributed by atoms with Gasteiger partial charge in [-0.15, -0.1) is 0 Å². The van der Waals surface area contributed by atoms with Crippen molar-refractivity contribution in [1.29, 1.82) is 0 Å². The van der Waals surface area contributed by atoms with Gasteiger partial charge in [-0.05, 0) is 19.8 Å². The number of aliphatic carboxylic acids is 1. The molecule has 3 N–H and O–H groups in total. The molecule has 122 valence electrons. The number of carbonyl (C=O) groups is 3. The highest BCUT2D eigenvalue weighted by atomic mass is 16.4. The number of amides is 3. The predicted octanol–water partition coefficient (Wildman–Crippen LogP) is 1.04. The van der Waals surface area contributed by atoms with Crippen molar-refractivity contribution in [2.75, 3.05) is 19.6 Å². The highest BCUT2D eigenvalue weighted by molar-refractivity contribution is 5.78. The first-order valence-corrected chi connectivity index (χ1v) is 7.30. The van der Waals surface area contributed by atoms with Crippen molar-refractivity contribution < 1.29 is 19.5 Å². The molecule has 0 aromatic heterocycles. The first-order valence-electron chi connectivity index (χ1n) is 7.30. The van der Waals surface area contributed by atoms with E-state index in [1.165, 1.54) is 4.90 Å². The van der Waals surface area contributed by atoms with Crippen molar-refractivity contribution >= 4 is 17.9 Å². The van der Waals surface area contributed by atoms with Crippen LogP contribution >= 0.6 is 0 Å². The van der Waals surface area contributed by atoms with Gasteiger partial charge in [0.25, 0.3) is 0 Å². The van der Waals surface area contributed by atoms with E-state index in [0.717, 1.165) is 0 Å². The van der Waals surface area contributed by atoms with Gasteiger partial charge < -0.3 is 20.6 Å². The number of hydrogen-bond donors (Lipinski definition) is 3. The highest BCUT2D eigenvalue weighted by Crippen LogP contribution is 2.04. The maximum atomic E-state index is 11.9. The summed E-state index contributed by atoms with van der Waals surface area (Å²) in [5, 5.41) is 14.2. The lowest BCUT2D eigenvalue weighted by Gasteiger charge is -2.27. The number of nitrogens with zero attached hydrogens (tertiary/aromatic N) is 1. The van der Waals surface area contributed by atoms with Gasteiger partial charge in [0.2, 0.25) is 5.91 Å². The lowest BCUT2D eigenvalue weighted by Crippen LogP contribution is -2.46. The molecule has 7 heteroatoms. The van der Waals surface area contributed by atoms with Gasteiger partial charge in [0.05, 0.1) is 6.42 Å². The van der Waals surface area contributed by atoms with Crippen LogP contribution in [0.5, 0.6) is 0 Å². The van der Waals surface area contributed by atoms with E-state index in [-0.39, 0.29) is 37.4 Å². The lowest BCUT2D eigenvalue weighted by atomic mass is 10.2. The fourth-order valence-corrected chi connectivity index (χ4v) is 1.81. The van der Waals surface area contributed by atoms with Gasteiger partial charge in [-0.1, -0.05) is 13.8 Å². The van der Waals surface area contributed by atoms with Crippen LogP contribution in [0.1, 0.15) is 40.5 Å². The third-order valence-electron chi connectivity index (χ3n) is 2.94. The summed E-state index contributed by atoms with van der Waals surface area (Å²) < 4.78 is 0. The van der Waals surface area contributed by atoms with E-state index in [9.17, 15) is 14.4 Å². The van der Waals surface area contributed by atoms with Crippen LogP contribution in [0.4, 0.5) is 4.79 Å². The molecule has 0 spiro atoms. The van der Waals surface area contributed by atoms with Gasteiger partial charge in [0.15, 0.2) is 0 Å². The average molecular weight is 301 g/mol. The summed E-state index contributed by atoms with van der Waals surface area (Å²) in [6.45, 7) is 8.75. The van der Waals surface area contributed by atoms with Crippen molar-refractivity contribution in [2.24, 2.45) is 5.92 Å². The zero-order valence-corrected chi connectivity index (χ0v) is 13.3. The quantitative estimate of drug-likeness (QED) is 0.592. The molecule has 0 rings (SSSR count). The van der Waals surface area contributed by atoms with E-state index in [2.05, 4.69) is 10.6 Å². The number of carboxylic acid groups (broad SMARTS) is 1. The first kappa shape index (κ1) is 19.2. The maximum Gasteiger partial charge on any atom is 0.317 e. The molecule has 0 aromatic carbocycles. The SMILES string of the molecule is CCN(C(=O)NCCC(=O)NCC(C)C)C(C)CC(=O)O. The third kappa shape index (κ3) is 8.88. The van der Waals surface area contributed by atoms with Gasteiger partial charge in [0, 0.05) is 32.1 Å². The summed E-state index contributed by atoms with van der Waals surface area (Å²) in [6.07, 6.45) is 0.111. The minimum Gasteiger partial charge on any atom is -0.481 e. The topological polar surface area (TPSA) is 98.7 Å². The number of carbonyl (C=O) groups excluding carboxylic acids is 2. The molecule has 0 aliphatic heterocycles. The maximum absolute atomic E-state index is 11.9. The van der Waals surface area contributed by atoms with Crippen LogP contribution in [0.2, 0.25) is 0 Å². The van der Waals surface area contributed by atoms with E-state index in [0.29, 0.717) is 19.0 Å². The molecular weight excluding hydrogens is 274 g/mol. The fraction of sp³-hybridized carbons (Fsp3) is 0.786. The third-order valence-corrected chi connectivity index (χ3v) is 2.94. The molecule has 0 saturated carbocycles. The second-order valence-corrected chi connectivity index (χ2v) is 5.41. The summed E-state index contributed by atoms with van der Waals surface area (Å²) in [4.78, 5) is 35.5. The molecule has 3 amide bonds. The Hall–Kier alpha value is -1.79. The van der Waals surface area contributed by atoms with E-state index in [1.54, 1.807) is 13.8 Å². The number of hydrogen-bond acceptors (Lipinski definition) is 3. The predicted molar refractivity (Wildman–Crippen MR) is 80.0 cm³/mol. The molecule has 0 aliphatic carbocycles. The highest BCUT2D eigenvalue weighted by Gasteiger charge is 2.20. The number of carboxylic acids is 1. The summed E-state index contributed by atoms with van der Waals surface area (Å²) in [7, 11) is 0. The van der Waals surface area contributed by atoms with E-state index >= 15 is 0 Å². The van der Waals surface area contributed by atoms with Gasteiger partial charge >= 0.3 is 12.0 Å². The van der Waals surface area contributed by atoms with Crippen molar-refractivity contribution in [3.63, 3.8) is 0 Å². The minimum absolute atomic E-state index is 0.101. The summed E-state index contributed by atoms with van der Waals surface area (Å²) >= 11 is 0. The Kier molecular flexibility index (Phi) is 9.16. The Labute approximate surface area is 126 Å². The molecule has 1 atom stereocenters. The average Bonchev–Trinajstić information content (AvgIpc) is 2.36. The van der Waals surface area contributed by atoms with Crippen molar-refractivity contribution in [2.45, 2.75) is 46.6 Å². The Morgan fingerprint density at radius 3 is 2.24 bits per heavy atom. The van der Waals surface area contributed by atoms with Gasteiger partial charge in [-0.3, -0.25) is 9.59 Å². The molecule has 7 nitrogen and oxygen atoms in total. The molecule has 0 bridgehead atoms. The van der Waals surface area contributed by atoms with Gasteiger partial charge in [-0.25, -0.2) is 4.79 Å². The first-order chi connectivity index (χ1) is 9.77. The molecule has 0 saturated heterocycles. The Bertz CT molecular complexity index is 358.